The van der Waals surface area contributed by atoms with Gasteiger partial charge in [-0.25, -0.2) is 0 Å². The van der Waals surface area contributed by atoms with Crippen LogP contribution in [0.3, 0.4) is 0 Å². The highest BCUT2D eigenvalue weighted by molar-refractivity contribution is 9.10. The molecule has 1 aromatic rings. The van der Waals surface area contributed by atoms with Gasteiger partial charge in [-0.2, -0.15) is 0 Å². The number of hydrogen-bond acceptors (Lipinski definition) is 1. The van der Waals surface area contributed by atoms with Gasteiger partial charge in [-0.1, -0.05) is 34.5 Å². The summed E-state index contributed by atoms with van der Waals surface area (Å²) < 4.78 is 0.787. The average molecular weight is 384 g/mol. The molecule has 2 nitrogen and oxygen atoms in total. The van der Waals surface area contributed by atoms with Crippen molar-refractivity contribution in [1.82, 2.24) is 5.32 Å². The summed E-state index contributed by atoms with van der Waals surface area (Å²) in [5.41, 5.74) is 0.329. The van der Waals surface area contributed by atoms with Crippen LogP contribution in [-0.2, 0) is 0 Å². The molecule has 0 saturated carbocycles. The molecule has 17 heavy (non-hydrogen) atoms. The monoisotopic (exact) mass is 381 g/mol. The van der Waals surface area contributed by atoms with Crippen molar-refractivity contribution in [2.24, 2.45) is 0 Å². The lowest BCUT2D eigenvalue weighted by molar-refractivity contribution is 0.0913. The van der Waals surface area contributed by atoms with Crippen LogP contribution < -0.4 is 5.32 Å². The van der Waals surface area contributed by atoms with Gasteiger partial charge >= 0.3 is 0 Å². The van der Waals surface area contributed by atoms with Crippen LogP contribution in [0.2, 0.25) is 5.02 Å². The molecule has 1 aromatic carbocycles. The summed E-state index contributed by atoms with van der Waals surface area (Å²) in [4.78, 5) is 12.0. The molecule has 0 aromatic heterocycles. The SMILES string of the molecule is CCC(C)(CBr)NC(=O)c1ccc(Br)c(Cl)c1. The fourth-order valence-electron chi connectivity index (χ4n) is 1.20. The van der Waals surface area contributed by atoms with Crippen molar-refractivity contribution in [3.8, 4) is 0 Å². The predicted molar refractivity (Wildman–Crippen MR) is 79.1 cm³/mol. The fourth-order valence-corrected chi connectivity index (χ4v) is 2.16. The fraction of sp³-hybridized carbons (Fsp3) is 0.417. The van der Waals surface area contributed by atoms with Gasteiger partial charge < -0.3 is 5.32 Å². The predicted octanol–water partition coefficient (Wildman–Crippen LogP) is 4.40. The van der Waals surface area contributed by atoms with E-state index in [-0.39, 0.29) is 11.4 Å². The first kappa shape index (κ1) is 15.0. The molecule has 5 heteroatoms. The molecular weight excluding hydrogens is 369 g/mol. The highest BCUT2D eigenvalue weighted by Gasteiger charge is 2.23. The van der Waals surface area contributed by atoms with Gasteiger partial charge in [0.15, 0.2) is 0 Å². The Morgan fingerprint density at radius 1 is 1.53 bits per heavy atom. The third-order valence-corrected chi connectivity index (χ3v) is 5.14. The third kappa shape index (κ3) is 3.97. The van der Waals surface area contributed by atoms with Crippen LogP contribution in [0.5, 0.6) is 0 Å². The molecular formula is C12H14Br2ClNO. The minimum absolute atomic E-state index is 0.108. The Kier molecular flexibility index (Phi) is 5.48. The quantitative estimate of drug-likeness (QED) is 0.768. The molecule has 1 atom stereocenters. The number of carbonyl (C=O) groups excluding carboxylic acids is 1. The maximum absolute atomic E-state index is 12.0. The molecule has 1 N–H and O–H groups in total. The van der Waals surface area contributed by atoms with Crippen molar-refractivity contribution < 1.29 is 4.79 Å². The van der Waals surface area contributed by atoms with Gasteiger partial charge in [0.1, 0.15) is 0 Å². The molecule has 1 amide bonds. The van der Waals surface area contributed by atoms with E-state index in [0.717, 1.165) is 10.9 Å². The molecule has 1 unspecified atom stereocenters. The number of hydrogen-bond donors (Lipinski definition) is 1. The second-order valence-electron chi connectivity index (χ2n) is 4.13. The van der Waals surface area contributed by atoms with E-state index in [2.05, 4.69) is 37.2 Å². The standard InChI is InChI=1S/C12H14Br2ClNO/c1-3-12(2,7-13)16-11(17)8-4-5-9(14)10(15)6-8/h4-6H,3,7H2,1-2H3,(H,16,17). The first-order valence-corrected chi connectivity index (χ1v) is 7.54. The zero-order valence-corrected chi connectivity index (χ0v) is 13.6. The van der Waals surface area contributed by atoms with Crippen LogP contribution in [0.1, 0.15) is 30.6 Å². The maximum atomic E-state index is 12.0. The minimum atomic E-state index is -0.239. The second-order valence-corrected chi connectivity index (χ2v) is 5.95. The Morgan fingerprint density at radius 2 is 2.18 bits per heavy atom. The molecule has 0 fully saturated rings. The smallest absolute Gasteiger partial charge is 0.251 e. The van der Waals surface area contributed by atoms with Gasteiger partial charge in [-0.05, 0) is 47.5 Å². The van der Waals surface area contributed by atoms with Crippen molar-refractivity contribution in [1.29, 1.82) is 0 Å². The Morgan fingerprint density at radius 3 is 2.65 bits per heavy atom. The topological polar surface area (TPSA) is 29.1 Å². The first-order valence-electron chi connectivity index (χ1n) is 5.25. The number of alkyl halides is 1. The van der Waals surface area contributed by atoms with Crippen molar-refractivity contribution in [3.05, 3.63) is 33.3 Å². The van der Waals surface area contributed by atoms with Crippen LogP contribution in [0.4, 0.5) is 0 Å². The molecule has 0 heterocycles. The van der Waals surface area contributed by atoms with Crippen LogP contribution >= 0.6 is 43.5 Å². The third-order valence-electron chi connectivity index (χ3n) is 2.67. The van der Waals surface area contributed by atoms with Gasteiger partial charge in [0.25, 0.3) is 5.91 Å². The van der Waals surface area contributed by atoms with Crippen molar-refractivity contribution in [3.63, 3.8) is 0 Å². The minimum Gasteiger partial charge on any atom is -0.346 e. The van der Waals surface area contributed by atoms with E-state index < -0.39 is 0 Å². The second kappa shape index (κ2) is 6.21. The summed E-state index contributed by atoms with van der Waals surface area (Å²) in [7, 11) is 0. The molecule has 0 radical (unpaired) electrons. The summed E-state index contributed by atoms with van der Waals surface area (Å²) in [5.74, 6) is -0.108. The Bertz CT molecular complexity index is 419. The van der Waals surface area contributed by atoms with Crippen molar-refractivity contribution in [2.75, 3.05) is 5.33 Å². The number of nitrogens with one attached hydrogen (secondary N) is 1. The largest absolute Gasteiger partial charge is 0.346 e. The highest BCUT2D eigenvalue weighted by atomic mass is 79.9. The molecule has 0 aliphatic carbocycles. The van der Waals surface area contributed by atoms with E-state index in [1.807, 2.05) is 13.8 Å². The molecule has 94 valence electrons. The average Bonchev–Trinajstić information content (AvgIpc) is 2.32. The first-order chi connectivity index (χ1) is 7.91. The molecule has 0 saturated heterocycles. The Balaban J connectivity index is 2.86. The summed E-state index contributed by atoms with van der Waals surface area (Å²) in [6.45, 7) is 4.04. The summed E-state index contributed by atoms with van der Waals surface area (Å²) >= 11 is 12.7. The molecule has 0 aliphatic heterocycles. The van der Waals surface area contributed by atoms with Gasteiger partial charge in [-0.3, -0.25) is 4.79 Å². The van der Waals surface area contributed by atoms with Crippen molar-refractivity contribution in [2.45, 2.75) is 25.8 Å². The highest BCUT2D eigenvalue weighted by Crippen LogP contribution is 2.23. The number of amides is 1. The van der Waals surface area contributed by atoms with Crippen LogP contribution in [-0.4, -0.2) is 16.8 Å². The summed E-state index contributed by atoms with van der Waals surface area (Å²) in [6.07, 6.45) is 0.855. The van der Waals surface area contributed by atoms with Gasteiger partial charge in [0.2, 0.25) is 0 Å². The number of halogens is 3. The van der Waals surface area contributed by atoms with Crippen molar-refractivity contribution >= 4 is 49.4 Å². The lowest BCUT2D eigenvalue weighted by Gasteiger charge is -2.27. The molecule has 0 bridgehead atoms. The summed E-state index contributed by atoms with van der Waals surface area (Å²) in [6, 6.07) is 5.18. The zero-order valence-electron chi connectivity index (χ0n) is 9.69. The van der Waals surface area contributed by atoms with Crippen LogP contribution in [0.25, 0.3) is 0 Å². The van der Waals surface area contributed by atoms with Crippen LogP contribution in [0, 0.1) is 0 Å². The van der Waals surface area contributed by atoms with Crippen LogP contribution in [0.15, 0.2) is 22.7 Å². The number of carbonyl (C=O) groups is 1. The zero-order chi connectivity index (χ0) is 13.1. The van der Waals surface area contributed by atoms with E-state index >= 15 is 0 Å². The number of rotatable bonds is 4. The molecule has 0 aliphatic rings. The Labute approximate surface area is 123 Å². The van der Waals surface area contributed by atoms with E-state index in [9.17, 15) is 4.79 Å². The van der Waals surface area contributed by atoms with Gasteiger partial charge in [-0.15, -0.1) is 0 Å². The van der Waals surface area contributed by atoms with E-state index in [4.69, 9.17) is 11.6 Å². The lowest BCUT2D eigenvalue weighted by atomic mass is 10.0. The maximum Gasteiger partial charge on any atom is 0.251 e. The Hall–Kier alpha value is -0.0600. The van der Waals surface area contributed by atoms with E-state index in [1.54, 1.807) is 18.2 Å². The van der Waals surface area contributed by atoms with Gasteiger partial charge in [0, 0.05) is 20.9 Å². The van der Waals surface area contributed by atoms with Gasteiger partial charge in [0.05, 0.1) is 5.02 Å². The van der Waals surface area contributed by atoms with E-state index in [0.29, 0.717) is 15.9 Å². The molecule has 0 spiro atoms. The molecule has 1 rings (SSSR count). The number of benzene rings is 1. The van der Waals surface area contributed by atoms with E-state index in [1.165, 1.54) is 0 Å². The summed E-state index contributed by atoms with van der Waals surface area (Å²) in [5, 5.41) is 4.25. The lowest BCUT2D eigenvalue weighted by Crippen LogP contribution is -2.46. The normalized spacial score (nSPS) is 14.2.